The summed E-state index contributed by atoms with van der Waals surface area (Å²) in [6.45, 7) is 3.01. The van der Waals surface area contributed by atoms with Gasteiger partial charge in [-0.2, -0.15) is 13.2 Å². The van der Waals surface area contributed by atoms with E-state index in [1.54, 1.807) is 7.05 Å². The van der Waals surface area contributed by atoms with Gasteiger partial charge in [-0.3, -0.25) is 9.89 Å². The molecular formula is C17H24F5IN4. The van der Waals surface area contributed by atoms with E-state index in [2.05, 4.69) is 10.3 Å². The van der Waals surface area contributed by atoms with Gasteiger partial charge >= 0.3 is 6.18 Å². The lowest BCUT2D eigenvalue weighted by Gasteiger charge is -2.39. The molecule has 0 saturated carbocycles. The van der Waals surface area contributed by atoms with Crippen molar-refractivity contribution < 1.29 is 22.0 Å². The maximum absolute atomic E-state index is 13.2. The number of guanidine groups is 1. The Morgan fingerprint density at radius 2 is 1.67 bits per heavy atom. The second kappa shape index (κ2) is 10.4. The van der Waals surface area contributed by atoms with Crippen LogP contribution in [0.15, 0.2) is 23.2 Å². The number of aliphatic imine (C=N–C) groups is 1. The summed E-state index contributed by atoms with van der Waals surface area (Å²) in [5.41, 5.74) is 0.522. The number of halogens is 6. The molecule has 0 radical (unpaired) electrons. The van der Waals surface area contributed by atoms with Gasteiger partial charge in [0.1, 0.15) is 17.7 Å². The first-order valence-electron chi connectivity index (χ1n) is 8.42. The molecule has 1 N–H and O–H groups in total. The maximum atomic E-state index is 13.2. The smallest absolute Gasteiger partial charge is 0.356 e. The molecule has 1 saturated heterocycles. The van der Waals surface area contributed by atoms with Gasteiger partial charge in [-0.1, -0.05) is 0 Å². The number of hydrogen-bond acceptors (Lipinski definition) is 2. The van der Waals surface area contributed by atoms with E-state index < -0.39 is 23.9 Å². The van der Waals surface area contributed by atoms with Crippen molar-refractivity contribution in [2.75, 3.05) is 39.8 Å². The van der Waals surface area contributed by atoms with E-state index in [-0.39, 0.29) is 37.1 Å². The number of rotatable bonds is 4. The van der Waals surface area contributed by atoms with Crippen LogP contribution in [-0.2, 0) is 6.42 Å². The van der Waals surface area contributed by atoms with E-state index in [9.17, 15) is 22.0 Å². The summed E-state index contributed by atoms with van der Waals surface area (Å²) in [5.74, 6) is -0.681. The molecule has 1 fully saturated rings. The van der Waals surface area contributed by atoms with Gasteiger partial charge in [0.05, 0.1) is 0 Å². The van der Waals surface area contributed by atoms with E-state index >= 15 is 0 Å². The summed E-state index contributed by atoms with van der Waals surface area (Å²) in [7, 11) is 1.59. The highest BCUT2D eigenvalue weighted by molar-refractivity contribution is 14.0. The van der Waals surface area contributed by atoms with E-state index in [1.165, 1.54) is 24.0 Å². The highest BCUT2D eigenvalue weighted by Crippen LogP contribution is 2.25. The molecule has 0 aliphatic carbocycles. The Hall–Kier alpha value is -1.17. The molecule has 1 aliphatic rings. The third-order valence-electron chi connectivity index (χ3n) is 4.47. The predicted molar refractivity (Wildman–Crippen MR) is 106 cm³/mol. The molecule has 1 atom stereocenters. The fourth-order valence-electron chi connectivity index (χ4n) is 2.93. The molecule has 10 heteroatoms. The van der Waals surface area contributed by atoms with Gasteiger partial charge in [0.15, 0.2) is 5.96 Å². The van der Waals surface area contributed by atoms with Crippen LogP contribution in [0.5, 0.6) is 0 Å². The Morgan fingerprint density at radius 3 is 2.15 bits per heavy atom. The zero-order valence-electron chi connectivity index (χ0n) is 15.2. The lowest BCUT2D eigenvalue weighted by Crippen LogP contribution is -2.56. The zero-order chi connectivity index (χ0) is 19.3. The second-order valence-corrected chi connectivity index (χ2v) is 6.24. The van der Waals surface area contributed by atoms with Crippen LogP contribution < -0.4 is 5.32 Å². The zero-order valence-corrected chi connectivity index (χ0v) is 17.5. The second-order valence-electron chi connectivity index (χ2n) is 6.24. The van der Waals surface area contributed by atoms with Crippen molar-refractivity contribution in [1.29, 1.82) is 0 Å². The summed E-state index contributed by atoms with van der Waals surface area (Å²) in [6, 6.07) is 1.88. The van der Waals surface area contributed by atoms with Crippen LogP contribution in [-0.4, -0.2) is 67.7 Å². The van der Waals surface area contributed by atoms with Gasteiger partial charge in [0, 0.05) is 45.8 Å². The van der Waals surface area contributed by atoms with Crippen molar-refractivity contribution in [2.24, 2.45) is 4.99 Å². The Labute approximate surface area is 172 Å². The first-order chi connectivity index (χ1) is 12.2. The third kappa shape index (κ3) is 7.05. The molecule has 0 amide bonds. The number of nitrogens with one attached hydrogen (secondary N) is 1. The molecule has 2 rings (SSSR count). The van der Waals surface area contributed by atoms with Gasteiger partial charge in [0.25, 0.3) is 0 Å². The van der Waals surface area contributed by atoms with Crippen molar-refractivity contribution in [3.63, 3.8) is 0 Å². The van der Waals surface area contributed by atoms with Crippen LogP contribution in [0.3, 0.4) is 0 Å². The molecule has 1 heterocycles. The summed E-state index contributed by atoms with van der Waals surface area (Å²) in [6.07, 6.45) is -3.83. The number of hydrogen-bond donors (Lipinski definition) is 1. The Bertz CT molecular complexity index is 610. The van der Waals surface area contributed by atoms with E-state index in [0.717, 1.165) is 6.07 Å². The topological polar surface area (TPSA) is 30.9 Å². The van der Waals surface area contributed by atoms with Gasteiger partial charge in [0.2, 0.25) is 0 Å². The van der Waals surface area contributed by atoms with Gasteiger partial charge in [-0.25, -0.2) is 8.78 Å². The summed E-state index contributed by atoms with van der Waals surface area (Å²) >= 11 is 0. The lowest BCUT2D eigenvalue weighted by molar-refractivity contribution is -0.181. The standard InChI is InChI=1S/C17H23F5N4.HI/c1-12(17(20,21)22)25-5-7-26(8-6-25)16(23-2)24-4-3-13-9-14(18)11-15(19)10-13;/h9-12H,3-8H2,1-2H3,(H,23,24);1H. The molecule has 0 spiro atoms. The minimum atomic E-state index is -4.23. The fraction of sp³-hybridized carbons (Fsp3) is 0.588. The van der Waals surface area contributed by atoms with Crippen LogP contribution >= 0.6 is 24.0 Å². The van der Waals surface area contributed by atoms with Crippen molar-refractivity contribution in [3.8, 4) is 0 Å². The quantitative estimate of drug-likeness (QED) is 0.295. The Balaban J connectivity index is 0.00000364. The first kappa shape index (κ1) is 23.9. The van der Waals surface area contributed by atoms with E-state index in [1.807, 2.05) is 4.90 Å². The van der Waals surface area contributed by atoms with Crippen molar-refractivity contribution in [1.82, 2.24) is 15.1 Å². The van der Waals surface area contributed by atoms with Crippen molar-refractivity contribution in [2.45, 2.75) is 25.6 Å². The summed E-state index contributed by atoms with van der Waals surface area (Å²) in [5, 5.41) is 3.09. The summed E-state index contributed by atoms with van der Waals surface area (Å²) < 4.78 is 64.7. The molecule has 1 aromatic rings. The van der Waals surface area contributed by atoms with Gasteiger partial charge in [-0.15, -0.1) is 24.0 Å². The third-order valence-corrected chi connectivity index (χ3v) is 4.47. The highest BCUT2D eigenvalue weighted by atomic mass is 127. The monoisotopic (exact) mass is 506 g/mol. The van der Waals surface area contributed by atoms with E-state index in [4.69, 9.17) is 0 Å². The normalized spacial score (nSPS) is 17.4. The van der Waals surface area contributed by atoms with Crippen LogP contribution in [0.4, 0.5) is 22.0 Å². The molecule has 1 unspecified atom stereocenters. The lowest BCUT2D eigenvalue weighted by atomic mass is 10.1. The van der Waals surface area contributed by atoms with Crippen molar-refractivity contribution in [3.05, 3.63) is 35.4 Å². The molecule has 27 heavy (non-hydrogen) atoms. The van der Waals surface area contributed by atoms with Gasteiger partial charge < -0.3 is 10.2 Å². The number of piperazine rings is 1. The summed E-state index contributed by atoms with van der Waals surface area (Å²) in [4.78, 5) is 7.42. The SMILES string of the molecule is CN=C(NCCc1cc(F)cc(F)c1)N1CCN(C(C)C(F)(F)F)CC1.I. The predicted octanol–water partition coefficient (Wildman–Crippen LogP) is 3.27. The number of benzene rings is 1. The highest BCUT2D eigenvalue weighted by Gasteiger charge is 2.41. The number of nitrogens with zero attached hydrogens (tertiary/aromatic N) is 3. The average molecular weight is 506 g/mol. The first-order valence-corrected chi connectivity index (χ1v) is 8.42. The Morgan fingerprint density at radius 1 is 1.11 bits per heavy atom. The van der Waals surface area contributed by atoms with Gasteiger partial charge in [-0.05, 0) is 31.0 Å². The maximum Gasteiger partial charge on any atom is 0.403 e. The van der Waals surface area contributed by atoms with Crippen LogP contribution in [0.2, 0.25) is 0 Å². The molecule has 0 aromatic heterocycles. The van der Waals surface area contributed by atoms with Crippen LogP contribution in [0.1, 0.15) is 12.5 Å². The minimum Gasteiger partial charge on any atom is -0.356 e. The fourth-order valence-corrected chi connectivity index (χ4v) is 2.93. The van der Waals surface area contributed by atoms with Crippen LogP contribution in [0, 0.1) is 11.6 Å². The molecular weight excluding hydrogens is 482 g/mol. The molecule has 154 valence electrons. The molecule has 1 aliphatic heterocycles. The van der Waals surface area contributed by atoms with E-state index in [0.29, 0.717) is 37.6 Å². The average Bonchev–Trinajstić information content (AvgIpc) is 2.57. The molecule has 0 bridgehead atoms. The molecule has 4 nitrogen and oxygen atoms in total. The largest absolute Gasteiger partial charge is 0.403 e. The molecule has 1 aromatic carbocycles. The van der Waals surface area contributed by atoms with Crippen LogP contribution in [0.25, 0.3) is 0 Å². The minimum absolute atomic E-state index is 0. The van der Waals surface area contributed by atoms with Crippen molar-refractivity contribution >= 4 is 29.9 Å². The Kier molecular flexibility index (Phi) is 9.19. The number of alkyl halides is 3.